The molecule has 1 unspecified atom stereocenters. The third-order valence-corrected chi connectivity index (χ3v) is 8.24. The van der Waals surface area contributed by atoms with Gasteiger partial charge in [0.2, 0.25) is 0 Å². The molecule has 2 aliphatic rings. The lowest BCUT2D eigenvalue weighted by molar-refractivity contribution is -0.109. The molecule has 2 aromatic carbocycles. The van der Waals surface area contributed by atoms with Crippen LogP contribution in [0, 0.1) is 5.92 Å². The first-order chi connectivity index (χ1) is 17.3. The van der Waals surface area contributed by atoms with Crippen LogP contribution < -0.4 is 5.01 Å². The lowest BCUT2D eigenvalue weighted by Crippen LogP contribution is -2.22. The number of nitrogens with zero attached hydrogens (tertiary/aromatic N) is 4. The van der Waals surface area contributed by atoms with Gasteiger partial charge < -0.3 is 9.78 Å². The Morgan fingerprint density at radius 2 is 1.83 bits per heavy atom. The molecule has 0 radical (unpaired) electrons. The van der Waals surface area contributed by atoms with E-state index >= 15 is 0 Å². The number of para-hydroxylation sites is 1. The number of aryl methyl sites for hydroxylation is 2. The average Bonchev–Trinajstić information content (AvgIpc) is 3.63. The lowest BCUT2D eigenvalue weighted by Gasteiger charge is -2.17. The van der Waals surface area contributed by atoms with Crippen LogP contribution in [0.1, 0.15) is 28.8 Å². The van der Waals surface area contributed by atoms with Crippen LogP contribution >= 0.6 is 11.3 Å². The molecule has 4 heterocycles. The summed E-state index contributed by atoms with van der Waals surface area (Å²) in [4.78, 5) is 28.0. The van der Waals surface area contributed by atoms with Crippen molar-refractivity contribution in [3.63, 3.8) is 0 Å². The van der Waals surface area contributed by atoms with Gasteiger partial charge >= 0.3 is 0 Å². The van der Waals surface area contributed by atoms with E-state index in [4.69, 9.17) is 15.1 Å². The van der Waals surface area contributed by atoms with Gasteiger partial charge in [0.1, 0.15) is 11.1 Å². The predicted octanol–water partition coefficient (Wildman–Crippen LogP) is 5.76. The Labute approximate surface area is 206 Å². The fourth-order valence-electron chi connectivity index (χ4n) is 5.34. The maximum atomic E-state index is 12.1. The van der Waals surface area contributed by atoms with E-state index < -0.39 is 0 Å². The summed E-state index contributed by atoms with van der Waals surface area (Å²) in [6.45, 7) is 0.484. The number of anilines is 1. The van der Waals surface area contributed by atoms with Crippen molar-refractivity contribution >= 4 is 50.3 Å². The monoisotopic (exact) mass is 477 g/mol. The Kier molecular flexibility index (Phi) is 4.77. The van der Waals surface area contributed by atoms with Gasteiger partial charge in [-0.2, -0.15) is 5.10 Å². The molecule has 5 aromatic rings. The normalized spacial score (nSPS) is 17.7. The summed E-state index contributed by atoms with van der Waals surface area (Å²) in [5.41, 5.74) is 5.17. The summed E-state index contributed by atoms with van der Waals surface area (Å²) < 4.78 is 0. The van der Waals surface area contributed by atoms with Gasteiger partial charge in [-0.3, -0.25) is 0 Å². The average molecular weight is 478 g/mol. The zero-order chi connectivity index (χ0) is 23.4. The molecule has 1 aliphatic carbocycles. The molecular formula is C28H23N5OS. The largest absolute Gasteiger partial charge is 0.360 e. The summed E-state index contributed by atoms with van der Waals surface area (Å²) in [5.74, 6) is 1.20. The molecule has 0 bridgehead atoms. The Morgan fingerprint density at radius 1 is 1.00 bits per heavy atom. The molecule has 0 saturated carbocycles. The fraction of sp³-hybridized carbons (Fsp3) is 0.214. The topological polar surface area (TPSA) is 74.2 Å². The first-order valence-electron chi connectivity index (χ1n) is 12.1. The molecular weight excluding hydrogens is 454 g/mol. The second-order valence-electron chi connectivity index (χ2n) is 9.19. The summed E-state index contributed by atoms with van der Waals surface area (Å²) in [7, 11) is 0. The van der Waals surface area contributed by atoms with Crippen molar-refractivity contribution in [3.8, 4) is 11.4 Å². The van der Waals surface area contributed by atoms with Crippen molar-refractivity contribution in [1.82, 2.24) is 15.0 Å². The number of carbonyl (C=O) groups is 1. The van der Waals surface area contributed by atoms with Gasteiger partial charge in [-0.1, -0.05) is 48.5 Å². The molecule has 0 spiro atoms. The van der Waals surface area contributed by atoms with Crippen molar-refractivity contribution < 1.29 is 4.79 Å². The third kappa shape index (κ3) is 3.30. The number of hydrazone groups is 1. The van der Waals surface area contributed by atoms with Crippen LogP contribution in [0.15, 0.2) is 65.9 Å². The Bertz CT molecular complexity index is 1620. The van der Waals surface area contributed by atoms with Gasteiger partial charge in [0.15, 0.2) is 11.6 Å². The molecule has 0 amide bonds. The molecule has 6 nitrogen and oxygen atoms in total. The molecule has 0 fully saturated rings. The number of hydrogen-bond acceptors (Lipinski definition) is 6. The summed E-state index contributed by atoms with van der Waals surface area (Å²) in [5, 5.41) is 9.11. The van der Waals surface area contributed by atoms with Crippen molar-refractivity contribution in [1.29, 1.82) is 0 Å². The van der Waals surface area contributed by atoms with Gasteiger partial charge in [-0.15, -0.1) is 11.3 Å². The quantitative estimate of drug-likeness (QED) is 0.334. The summed E-state index contributed by atoms with van der Waals surface area (Å²) in [6.07, 6.45) is 7.52. The molecule has 0 saturated heterocycles. The van der Waals surface area contributed by atoms with Crippen LogP contribution in [0.3, 0.4) is 0 Å². The number of aromatic amines is 1. The Balaban J connectivity index is 1.45. The van der Waals surface area contributed by atoms with Crippen LogP contribution in [-0.2, 0) is 17.6 Å². The van der Waals surface area contributed by atoms with Crippen LogP contribution in [0.25, 0.3) is 32.5 Å². The van der Waals surface area contributed by atoms with Crippen LogP contribution in [0.2, 0.25) is 0 Å². The smallest absolute Gasteiger partial charge is 0.165 e. The standard InChI is InChI=1S/C28H23N5OS/c34-16-18-15-33(32-25(18)17-8-2-1-3-9-17)27-24-20-11-5-7-13-23(20)35-28(24)31-26(30-27)21-14-29-22-12-6-4-10-19(21)22/h1-4,6,8-10,12,14,16,18,29H,5,7,11,13,15H2. The van der Waals surface area contributed by atoms with E-state index in [-0.39, 0.29) is 5.92 Å². The fourth-order valence-corrected chi connectivity index (χ4v) is 6.60. The number of hydrogen-bond donors (Lipinski definition) is 1. The highest BCUT2D eigenvalue weighted by Gasteiger charge is 2.32. The van der Waals surface area contributed by atoms with Crippen molar-refractivity contribution in [2.75, 3.05) is 11.6 Å². The van der Waals surface area contributed by atoms with E-state index in [9.17, 15) is 4.79 Å². The van der Waals surface area contributed by atoms with Gasteiger partial charge in [0, 0.05) is 27.5 Å². The Morgan fingerprint density at radius 3 is 2.71 bits per heavy atom. The minimum atomic E-state index is -0.298. The maximum Gasteiger partial charge on any atom is 0.165 e. The Hall–Kier alpha value is -3.84. The molecule has 1 N–H and O–H groups in total. The molecule has 7 heteroatoms. The number of H-pyrrole nitrogens is 1. The maximum absolute atomic E-state index is 12.1. The molecule has 3 aromatic heterocycles. The second kappa shape index (κ2) is 8.13. The van der Waals surface area contributed by atoms with Gasteiger partial charge in [0.05, 0.1) is 23.6 Å². The van der Waals surface area contributed by atoms with Crippen LogP contribution in [-0.4, -0.2) is 33.5 Å². The van der Waals surface area contributed by atoms with Crippen LogP contribution in [0.5, 0.6) is 0 Å². The molecule has 172 valence electrons. The van der Waals surface area contributed by atoms with Crippen molar-refractivity contribution in [2.24, 2.45) is 11.0 Å². The highest BCUT2D eigenvalue weighted by atomic mass is 32.1. The summed E-state index contributed by atoms with van der Waals surface area (Å²) >= 11 is 1.79. The van der Waals surface area contributed by atoms with E-state index in [2.05, 4.69) is 17.1 Å². The van der Waals surface area contributed by atoms with Crippen molar-refractivity contribution in [3.05, 3.63) is 76.8 Å². The zero-order valence-electron chi connectivity index (χ0n) is 19.1. The highest BCUT2D eigenvalue weighted by molar-refractivity contribution is 7.19. The molecule has 7 rings (SSSR count). The second-order valence-corrected chi connectivity index (χ2v) is 10.3. The van der Waals surface area contributed by atoms with E-state index in [1.165, 1.54) is 23.3 Å². The first kappa shape index (κ1) is 20.5. The minimum Gasteiger partial charge on any atom is -0.360 e. The van der Waals surface area contributed by atoms with Gasteiger partial charge in [-0.05, 0) is 42.9 Å². The number of aromatic nitrogens is 3. The van der Waals surface area contributed by atoms with Gasteiger partial charge in [0.25, 0.3) is 0 Å². The molecule has 1 aliphatic heterocycles. The SMILES string of the molecule is O=CC1CN(c2nc(-c3c[nH]c4ccccc34)nc3sc4c(c23)CCCC4)N=C1c1ccccc1. The van der Waals surface area contributed by atoms with Crippen LogP contribution in [0.4, 0.5) is 5.82 Å². The molecule has 35 heavy (non-hydrogen) atoms. The number of thiophene rings is 1. The lowest BCUT2D eigenvalue weighted by atomic mass is 9.96. The number of nitrogens with one attached hydrogen (secondary N) is 1. The number of fused-ring (bicyclic) bond motifs is 4. The third-order valence-electron chi connectivity index (χ3n) is 7.05. The number of aldehydes is 1. The highest BCUT2D eigenvalue weighted by Crippen LogP contribution is 2.42. The number of benzene rings is 2. The number of rotatable bonds is 4. The van der Waals surface area contributed by atoms with E-state index in [1.807, 2.05) is 53.7 Å². The zero-order valence-corrected chi connectivity index (χ0v) is 19.9. The predicted molar refractivity (Wildman–Crippen MR) is 141 cm³/mol. The minimum absolute atomic E-state index is 0.298. The first-order valence-corrected chi connectivity index (χ1v) is 12.9. The molecule has 1 atom stereocenters. The van der Waals surface area contributed by atoms with Crippen molar-refractivity contribution in [2.45, 2.75) is 25.7 Å². The van der Waals surface area contributed by atoms with E-state index in [0.29, 0.717) is 12.4 Å². The summed E-state index contributed by atoms with van der Waals surface area (Å²) in [6, 6.07) is 18.2. The van der Waals surface area contributed by atoms with E-state index in [0.717, 1.165) is 62.9 Å². The number of carbonyl (C=O) groups excluding carboxylic acids is 1. The van der Waals surface area contributed by atoms with Gasteiger partial charge in [-0.25, -0.2) is 15.0 Å². The van der Waals surface area contributed by atoms with E-state index in [1.54, 1.807) is 11.3 Å².